The van der Waals surface area contributed by atoms with E-state index in [1.807, 2.05) is 24.3 Å². The van der Waals surface area contributed by atoms with Gasteiger partial charge in [-0.25, -0.2) is 0 Å². The summed E-state index contributed by atoms with van der Waals surface area (Å²) in [6.45, 7) is 2.90. The van der Waals surface area contributed by atoms with E-state index >= 15 is 0 Å². The Hall–Kier alpha value is -3.12. The summed E-state index contributed by atoms with van der Waals surface area (Å²) in [6, 6.07) is 13.9. The number of methoxy groups -OCH3 is 2. The summed E-state index contributed by atoms with van der Waals surface area (Å²) < 4.78 is 10.3. The molecule has 1 heterocycles. The number of aliphatic hydroxyl groups is 1. The number of amides is 1. The molecule has 0 aromatic heterocycles. The van der Waals surface area contributed by atoms with Gasteiger partial charge in [0.15, 0.2) is 0 Å². The van der Waals surface area contributed by atoms with Crippen molar-refractivity contribution >= 4 is 17.4 Å². The maximum Gasteiger partial charge on any atom is 0.295 e. The van der Waals surface area contributed by atoms with Crippen LogP contribution in [0.5, 0.6) is 5.75 Å². The monoisotopic (exact) mass is 409 g/mol. The van der Waals surface area contributed by atoms with E-state index in [1.54, 1.807) is 38.5 Å². The van der Waals surface area contributed by atoms with Crippen molar-refractivity contribution in [3.63, 3.8) is 0 Å². The molecule has 1 aliphatic rings. The van der Waals surface area contributed by atoms with E-state index < -0.39 is 17.7 Å². The quantitative estimate of drug-likeness (QED) is 0.311. The molecule has 6 heteroatoms. The van der Waals surface area contributed by atoms with Crippen molar-refractivity contribution in [1.82, 2.24) is 4.90 Å². The van der Waals surface area contributed by atoms with Gasteiger partial charge in [-0.05, 0) is 48.2 Å². The van der Waals surface area contributed by atoms with Gasteiger partial charge in [-0.1, -0.05) is 31.2 Å². The first-order chi connectivity index (χ1) is 14.5. The fourth-order valence-electron chi connectivity index (χ4n) is 3.68. The van der Waals surface area contributed by atoms with Crippen LogP contribution >= 0.6 is 0 Å². The number of carbonyl (C=O) groups is 2. The van der Waals surface area contributed by atoms with E-state index in [1.165, 1.54) is 4.90 Å². The summed E-state index contributed by atoms with van der Waals surface area (Å²) in [5.41, 5.74) is 2.51. The number of hydrogen-bond acceptors (Lipinski definition) is 5. The van der Waals surface area contributed by atoms with Crippen LogP contribution in [-0.4, -0.2) is 49.1 Å². The lowest BCUT2D eigenvalue weighted by Gasteiger charge is -2.25. The zero-order chi connectivity index (χ0) is 21.7. The second-order valence-corrected chi connectivity index (χ2v) is 7.16. The minimum atomic E-state index is -0.676. The predicted molar refractivity (Wildman–Crippen MR) is 114 cm³/mol. The summed E-state index contributed by atoms with van der Waals surface area (Å²) in [7, 11) is 3.15. The van der Waals surface area contributed by atoms with Crippen LogP contribution in [0.25, 0.3) is 5.76 Å². The number of Topliss-reactive ketones (excluding diaryl/α,β-unsaturated/α-hetero) is 1. The summed E-state index contributed by atoms with van der Waals surface area (Å²) in [5.74, 6) is -0.830. The number of ketones is 1. The van der Waals surface area contributed by atoms with Crippen molar-refractivity contribution in [2.75, 3.05) is 27.4 Å². The molecule has 30 heavy (non-hydrogen) atoms. The fourth-order valence-corrected chi connectivity index (χ4v) is 3.68. The van der Waals surface area contributed by atoms with Crippen LogP contribution < -0.4 is 4.74 Å². The van der Waals surface area contributed by atoms with Crippen LogP contribution in [-0.2, 0) is 20.7 Å². The Morgan fingerprint density at radius 2 is 1.70 bits per heavy atom. The average Bonchev–Trinajstić information content (AvgIpc) is 3.04. The number of carbonyl (C=O) groups excluding carboxylic acids is 2. The first-order valence-corrected chi connectivity index (χ1v) is 10.0. The molecule has 0 saturated carbocycles. The van der Waals surface area contributed by atoms with Crippen molar-refractivity contribution in [3.8, 4) is 5.75 Å². The molecule has 2 aromatic rings. The summed E-state index contributed by atoms with van der Waals surface area (Å²) in [5, 5.41) is 11.0. The lowest BCUT2D eigenvalue weighted by Crippen LogP contribution is -2.31. The van der Waals surface area contributed by atoms with Gasteiger partial charge in [0, 0.05) is 25.8 Å². The largest absolute Gasteiger partial charge is 0.507 e. The minimum Gasteiger partial charge on any atom is -0.507 e. The highest BCUT2D eigenvalue weighted by Crippen LogP contribution is 2.39. The molecule has 2 aromatic carbocycles. The van der Waals surface area contributed by atoms with E-state index in [4.69, 9.17) is 9.47 Å². The summed E-state index contributed by atoms with van der Waals surface area (Å²) in [4.78, 5) is 27.3. The minimum absolute atomic E-state index is 0.104. The molecule has 1 saturated heterocycles. The third-order valence-corrected chi connectivity index (χ3v) is 5.35. The van der Waals surface area contributed by atoms with Gasteiger partial charge < -0.3 is 19.5 Å². The van der Waals surface area contributed by atoms with Crippen molar-refractivity contribution in [2.24, 2.45) is 0 Å². The molecule has 1 atom stereocenters. The second kappa shape index (κ2) is 9.59. The number of benzene rings is 2. The Morgan fingerprint density at radius 1 is 1.03 bits per heavy atom. The Kier molecular flexibility index (Phi) is 6.90. The Morgan fingerprint density at radius 3 is 2.27 bits per heavy atom. The summed E-state index contributed by atoms with van der Waals surface area (Å²) in [6.07, 6.45) is 1.48. The molecular weight excluding hydrogens is 382 g/mol. The molecule has 1 aliphatic heterocycles. The lowest BCUT2D eigenvalue weighted by molar-refractivity contribution is -0.140. The van der Waals surface area contributed by atoms with Gasteiger partial charge in [-0.15, -0.1) is 0 Å². The highest BCUT2D eigenvalue weighted by atomic mass is 16.5. The topological polar surface area (TPSA) is 76.1 Å². The highest BCUT2D eigenvalue weighted by molar-refractivity contribution is 6.46. The van der Waals surface area contributed by atoms with E-state index in [0.717, 1.165) is 17.5 Å². The van der Waals surface area contributed by atoms with Crippen LogP contribution in [0.15, 0.2) is 54.1 Å². The molecule has 6 nitrogen and oxygen atoms in total. The fraction of sp³-hybridized carbons (Fsp3) is 0.333. The van der Waals surface area contributed by atoms with Crippen LogP contribution in [0.2, 0.25) is 0 Å². The summed E-state index contributed by atoms with van der Waals surface area (Å²) >= 11 is 0. The van der Waals surface area contributed by atoms with Crippen LogP contribution in [0.1, 0.15) is 36.1 Å². The molecule has 0 spiro atoms. The lowest BCUT2D eigenvalue weighted by atomic mass is 9.94. The van der Waals surface area contributed by atoms with Crippen molar-refractivity contribution in [3.05, 3.63) is 70.8 Å². The molecule has 0 aliphatic carbocycles. The predicted octanol–water partition coefficient (Wildman–Crippen LogP) is 3.72. The van der Waals surface area contributed by atoms with Gasteiger partial charge >= 0.3 is 0 Å². The maximum absolute atomic E-state index is 12.9. The van der Waals surface area contributed by atoms with Gasteiger partial charge in [0.05, 0.1) is 18.7 Å². The Balaban J connectivity index is 2.08. The normalized spacial score (nSPS) is 18.1. The van der Waals surface area contributed by atoms with E-state index in [9.17, 15) is 14.7 Å². The maximum atomic E-state index is 12.9. The molecule has 1 amide bonds. The van der Waals surface area contributed by atoms with Gasteiger partial charge in [0.25, 0.3) is 11.7 Å². The number of likely N-dealkylation sites (tertiary alicyclic amines) is 1. The Labute approximate surface area is 176 Å². The zero-order valence-electron chi connectivity index (χ0n) is 17.6. The number of aryl methyl sites for hydroxylation is 1. The Bertz CT molecular complexity index is 931. The van der Waals surface area contributed by atoms with E-state index in [-0.39, 0.29) is 11.3 Å². The molecule has 1 unspecified atom stereocenters. The van der Waals surface area contributed by atoms with Crippen LogP contribution in [0, 0.1) is 0 Å². The average molecular weight is 409 g/mol. The molecule has 158 valence electrons. The van der Waals surface area contributed by atoms with Crippen molar-refractivity contribution < 1.29 is 24.2 Å². The van der Waals surface area contributed by atoms with E-state index in [2.05, 4.69) is 6.92 Å². The van der Waals surface area contributed by atoms with Gasteiger partial charge in [-0.3, -0.25) is 9.59 Å². The SMILES string of the molecule is CCc1ccc(C2/C(=C(/O)c3ccc(OC)cc3)C(=O)C(=O)N2CCCOC)cc1. The molecule has 0 radical (unpaired) electrons. The zero-order valence-corrected chi connectivity index (χ0v) is 17.6. The molecular formula is C24H27NO5. The number of rotatable bonds is 8. The third-order valence-electron chi connectivity index (χ3n) is 5.35. The first kappa shape index (κ1) is 21.6. The van der Waals surface area contributed by atoms with Gasteiger partial charge in [0.1, 0.15) is 11.5 Å². The molecule has 1 N–H and O–H groups in total. The molecule has 1 fully saturated rings. The third kappa shape index (κ3) is 4.24. The second-order valence-electron chi connectivity index (χ2n) is 7.16. The van der Waals surface area contributed by atoms with Gasteiger partial charge in [0.2, 0.25) is 0 Å². The van der Waals surface area contributed by atoms with Crippen LogP contribution in [0.3, 0.4) is 0 Å². The number of aliphatic hydroxyl groups excluding tert-OH is 1. The smallest absolute Gasteiger partial charge is 0.295 e. The highest BCUT2D eigenvalue weighted by Gasteiger charge is 2.45. The van der Waals surface area contributed by atoms with Gasteiger partial charge in [-0.2, -0.15) is 0 Å². The molecule has 3 rings (SSSR count). The first-order valence-electron chi connectivity index (χ1n) is 10.0. The number of hydrogen-bond donors (Lipinski definition) is 1. The number of nitrogens with zero attached hydrogens (tertiary/aromatic N) is 1. The van der Waals surface area contributed by atoms with E-state index in [0.29, 0.717) is 30.9 Å². The van der Waals surface area contributed by atoms with Crippen molar-refractivity contribution in [1.29, 1.82) is 0 Å². The standard InChI is InChI=1S/C24H27NO5/c1-4-16-6-8-17(9-7-16)21-20(22(26)18-10-12-19(30-3)13-11-18)23(27)24(28)25(21)14-5-15-29-2/h6-13,21,26H,4-5,14-15H2,1-3H3/b22-20-. The molecule has 0 bridgehead atoms. The van der Waals surface area contributed by atoms with Crippen molar-refractivity contribution in [2.45, 2.75) is 25.8 Å². The van der Waals surface area contributed by atoms with Crippen LogP contribution in [0.4, 0.5) is 0 Å². The number of ether oxygens (including phenoxy) is 2.